The summed E-state index contributed by atoms with van der Waals surface area (Å²) in [5.74, 6) is 1.77. The summed E-state index contributed by atoms with van der Waals surface area (Å²) in [7, 11) is 0. The molecule has 0 amide bonds. The zero-order valence-corrected chi connectivity index (χ0v) is 19.2. The van der Waals surface area contributed by atoms with Crippen LogP contribution in [0.2, 0.25) is 0 Å². The van der Waals surface area contributed by atoms with Crippen molar-refractivity contribution >= 4 is 5.65 Å². The van der Waals surface area contributed by atoms with Gasteiger partial charge in [0.25, 0.3) is 5.65 Å². The number of H-pyrrole nitrogens is 1. The molecule has 0 aliphatic rings. The van der Waals surface area contributed by atoms with Crippen molar-refractivity contribution in [3.05, 3.63) is 72.6 Å². The topological polar surface area (TPSA) is 38.3 Å². The van der Waals surface area contributed by atoms with Crippen molar-refractivity contribution in [1.29, 1.82) is 0 Å². The molecule has 4 heteroatoms. The molecule has 2 aromatic heterocycles. The van der Waals surface area contributed by atoms with Crippen LogP contribution in [0, 0.1) is 6.92 Å². The number of rotatable bonds is 5. The van der Waals surface area contributed by atoms with Gasteiger partial charge in [-0.1, -0.05) is 12.1 Å². The normalized spacial score (nSPS) is 11.8. The Bertz CT molecular complexity index is 1180. The molecule has 0 saturated carbocycles. The van der Waals surface area contributed by atoms with Crippen molar-refractivity contribution in [3.63, 3.8) is 0 Å². The largest absolute Gasteiger partial charge is 0.491 e. The number of nitrogens with one attached hydrogen (secondary N) is 1. The Morgan fingerprint density at radius 3 is 2.10 bits per heavy atom. The predicted octanol–water partition coefficient (Wildman–Crippen LogP) is 6.36. The van der Waals surface area contributed by atoms with Gasteiger partial charge < -0.3 is 9.47 Å². The molecular weight excluding hydrogens is 384 g/mol. The Morgan fingerprint density at radius 2 is 1.48 bits per heavy atom. The highest BCUT2D eigenvalue weighted by molar-refractivity contribution is 5.68. The molecule has 0 aliphatic heterocycles. The molecule has 4 nitrogen and oxygen atoms in total. The number of aryl methyl sites for hydroxylation is 1. The SMILES string of the molecule is Cc1cc2[nH]cc(-c3ccc(OC(C)(C)C)cc3)[n+]2cc1-c1ccc(OC(C)C)cc1. The molecule has 4 aromatic rings. The van der Waals surface area contributed by atoms with Crippen molar-refractivity contribution in [1.82, 2.24) is 4.98 Å². The summed E-state index contributed by atoms with van der Waals surface area (Å²) in [5.41, 5.74) is 6.68. The second-order valence-electron chi connectivity index (χ2n) is 9.23. The third kappa shape index (κ3) is 4.74. The van der Waals surface area contributed by atoms with Gasteiger partial charge in [0.1, 0.15) is 29.5 Å². The number of aromatic amines is 1. The van der Waals surface area contributed by atoms with Crippen LogP contribution in [0.25, 0.3) is 28.0 Å². The number of fused-ring (bicyclic) bond motifs is 1. The molecule has 0 atom stereocenters. The molecule has 0 unspecified atom stereocenters. The molecule has 0 aliphatic carbocycles. The first-order valence-electron chi connectivity index (χ1n) is 10.8. The van der Waals surface area contributed by atoms with Crippen molar-refractivity contribution in [2.45, 2.75) is 53.2 Å². The maximum absolute atomic E-state index is 5.96. The summed E-state index contributed by atoms with van der Waals surface area (Å²) in [5, 5.41) is 0. The standard InChI is InChI=1S/C27H30N2O2/c1-18(2)30-22-11-7-20(8-12-22)24-17-29-25(16-28-26(29)15-19(24)3)21-9-13-23(14-10-21)31-27(4,5)6/h7-18H,1-6H3/p+1. The van der Waals surface area contributed by atoms with Crippen molar-refractivity contribution < 1.29 is 13.9 Å². The Kier molecular flexibility index (Phi) is 5.48. The second-order valence-corrected chi connectivity index (χ2v) is 9.23. The van der Waals surface area contributed by atoms with E-state index >= 15 is 0 Å². The Balaban J connectivity index is 1.69. The highest BCUT2D eigenvalue weighted by Crippen LogP contribution is 2.27. The minimum atomic E-state index is -0.209. The van der Waals surface area contributed by atoms with E-state index in [9.17, 15) is 0 Å². The van der Waals surface area contributed by atoms with Crippen molar-refractivity contribution in [2.75, 3.05) is 0 Å². The molecule has 0 spiro atoms. The van der Waals surface area contributed by atoms with Crippen LogP contribution in [0.1, 0.15) is 40.2 Å². The van der Waals surface area contributed by atoms with Crippen LogP contribution in [-0.2, 0) is 0 Å². The lowest BCUT2D eigenvalue weighted by Crippen LogP contribution is -2.23. The maximum Gasteiger partial charge on any atom is 0.284 e. The molecule has 0 fully saturated rings. The highest BCUT2D eigenvalue weighted by atomic mass is 16.5. The quantitative estimate of drug-likeness (QED) is 0.385. The number of nitrogens with zero attached hydrogens (tertiary/aromatic N) is 1. The fourth-order valence-electron chi connectivity index (χ4n) is 3.73. The Morgan fingerprint density at radius 1 is 0.871 bits per heavy atom. The van der Waals surface area contributed by atoms with Gasteiger partial charge >= 0.3 is 0 Å². The summed E-state index contributed by atoms with van der Waals surface area (Å²) in [4.78, 5) is 3.40. The first-order chi connectivity index (χ1) is 14.7. The number of imidazole rings is 1. The zero-order chi connectivity index (χ0) is 22.2. The lowest BCUT2D eigenvalue weighted by Gasteiger charge is -2.21. The minimum Gasteiger partial charge on any atom is -0.491 e. The summed E-state index contributed by atoms with van der Waals surface area (Å²) in [6.45, 7) is 12.4. The second kappa shape index (κ2) is 8.10. The third-order valence-corrected chi connectivity index (χ3v) is 5.02. The summed E-state index contributed by atoms with van der Waals surface area (Å²) in [6.07, 6.45) is 4.42. The lowest BCUT2D eigenvalue weighted by atomic mass is 10.0. The van der Waals surface area contributed by atoms with E-state index in [-0.39, 0.29) is 11.7 Å². The third-order valence-electron chi connectivity index (χ3n) is 5.02. The maximum atomic E-state index is 5.96. The Hall–Kier alpha value is -3.27. The number of pyridine rings is 1. The van der Waals surface area contributed by atoms with E-state index in [1.807, 2.05) is 38.1 Å². The van der Waals surface area contributed by atoms with Gasteiger partial charge in [-0.3, -0.25) is 0 Å². The molecule has 1 N–H and O–H groups in total. The van der Waals surface area contributed by atoms with E-state index in [4.69, 9.17) is 9.47 Å². The lowest BCUT2D eigenvalue weighted by molar-refractivity contribution is -0.497. The molecule has 0 radical (unpaired) electrons. The fraction of sp³-hybridized carbons (Fsp3) is 0.296. The molecule has 2 heterocycles. The van der Waals surface area contributed by atoms with Gasteiger partial charge in [0.2, 0.25) is 0 Å². The van der Waals surface area contributed by atoms with Crippen LogP contribution in [0.3, 0.4) is 0 Å². The molecule has 0 saturated heterocycles. The summed E-state index contributed by atoms with van der Waals surface area (Å²) >= 11 is 0. The van der Waals surface area contributed by atoms with Crippen molar-refractivity contribution in [3.8, 4) is 33.9 Å². The van der Waals surface area contributed by atoms with Gasteiger partial charge in [-0.05, 0) is 89.1 Å². The number of hydrogen-bond acceptors (Lipinski definition) is 2. The minimum absolute atomic E-state index is 0.169. The predicted molar refractivity (Wildman–Crippen MR) is 126 cm³/mol. The van der Waals surface area contributed by atoms with E-state index in [1.54, 1.807) is 0 Å². The number of aromatic nitrogens is 2. The monoisotopic (exact) mass is 415 g/mol. The van der Waals surface area contributed by atoms with Gasteiger partial charge in [-0.15, -0.1) is 0 Å². The highest BCUT2D eigenvalue weighted by Gasteiger charge is 2.17. The van der Waals surface area contributed by atoms with Gasteiger partial charge in [0.15, 0.2) is 5.69 Å². The first-order valence-corrected chi connectivity index (χ1v) is 10.8. The van der Waals surface area contributed by atoms with Crippen LogP contribution in [-0.4, -0.2) is 16.7 Å². The van der Waals surface area contributed by atoms with E-state index in [1.165, 1.54) is 16.7 Å². The summed E-state index contributed by atoms with van der Waals surface area (Å²) < 4.78 is 14.0. The molecule has 4 rings (SSSR count). The van der Waals surface area contributed by atoms with Crippen LogP contribution in [0.15, 0.2) is 67.0 Å². The smallest absolute Gasteiger partial charge is 0.284 e. The van der Waals surface area contributed by atoms with Gasteiger partial charge in [0.05, 0.1) is 6.10 Å². The Labute approximate surface area is 184 Å². The van der Waals surface area contributed by atoms with E-state index in [2.05, 4.69) is 79.8 Å². The number of benzene rings is 2. The van der Waals surface area contributed by atoms with E-state index < -0.39 is 0 Å². The number of ether oxygens (including phenoxy) is 2. The molecule has 2 aromatic carbocycles. The average molecular weight is 416 g/mol. The molecule has 0 bridgehead atoms. The van der Waals surface area contributed by atoms with Gasteiger partial charge in [0, 0.05) is 17.2 Å². The first kappa shape index (κ1) is 21.0. The van der Waals surface area contributed by atoms with Crippen LogP contribution < -0.4 is 13.9 Å². The van der Waals surface area contributed by atoms with Crippen molar-refractivity contribution in [2.24, 2.45) is 0 Å². The van der Waals surface area contributed by atoms with Gasteiger partial charge in [-0.2, -0.15) is 4.40 Å². The average Bonchev–Trinajstić information content (AvgIpc) is 3.09. The van der Waals surface area contributed by atoms with E-state index in [0.717, 1.165) is 28.4 Å². The van der Waals surface area contributed by atoms with Crippen LogP contribution in [0.4, 0.5) is 0 Å². The zero-order valence-electron chi connectivity index (χ0n) is 19.2. The molecular formula is C27H31N2O2+. The van der Waals surface area contributed by atoms with Crippen LogP contribution >= 0.6 is 0 Å². The molecule has 160 valence electrons. The van der Waals surface area contributed by atoms with E-state index in [0.29, 0.717) is 0 Å². The summed E-state index contributed by atoms with van der Waals surface area (Å²) in [6, 6.07) is 18.8. The van der Waals surface area contributed by atoms with Gasteiger partial charge in [-0.25, -0.2) is 4.98 Å². The fourth-order valence-corrected chi connectivity index (χ4v) is 3.73. The molecule has 31 heavy (non-hydrogen) atoms. The number of hydrogen-bond donors (Lipinski definition) is 1. The van der Waals surface area contributed by atoms with Crippen LogP contribution in [0.5, 0.6) is 11.5 Å².